The van der Waals surface area contributed by atoms with E-state index in [0.717, 1.165) is 26.2 Å². The number of hydrogen-bond acceptors (Lipinski definition) is 2. The fourth-order valence-corrected chi connectivity index (χ4v) is 2.19. The normalized spacial score (nSPS) is 25.9. The summed E-state index contributed by atoms with van der Waals surface area (Å²) in [5.41, 5.74) is 0. The van der Waals surface area contributed by atoms with Crippen molar-refractivity contribution in [3.8, 4) is 0 Å². The Morgan fingerprint density at radius 3 is 2.53 bits per heavy atom. The average Bonchev–Trinajstić information content (AvgIpc) is 2.59. The Morgan fingerprint density at radius 2 is 2.13 bits per heavy atom. The summed E-state index contributed by atoms with van der Waals surface area (Å²) in [5.74, 6) is 1.57. The maximum Gasteiger partial charge on any atom is 0.227 e. The van der Waals surface area contributed by atoms with Crippen molar-refractivity contribution >= 4 is 5.91 Å². The lowest BCUT2D eigenvalue weighted by molar-refractivity contribution is -0.136. The van der Waals surface area contributed by atoms with Crippen molar-refractivity contribution in [1.29, 1.82) is 0 Å². The molecule has 0 aromatic carbocycles. The lowest BCUT2D eigenvalue weighted by Crippen LogP contribution is -2.40. The highest BCUT2D eigenvalue weighted by Crippen LogP contribution is 2.19. The van der Waals surface area contributed by atoms with Crippen LogP contribution in [-0.2, 0) is 4.79 Å². The minimum atomic E-state index is 0.198. The van der Waals surface area contributed by atoms with Gasteiger partial charge in [0.1, 0.15) is 0 Å². The minimum absolute atomic E-state index is 0.198. The summed E-state index contributed by atoms with van der Waals surface area (Å²) in [6.45, 7) is 12.1. The molecule has 0 bridgehead atoms. The predicted molar refractivity (Wildman–Crippen MR) is 62.6 cm³/mol. The summed E-state index contributed by atoms with van der Waals surface area (Å²) in [6, 6.07) is 0. The maximum absolute atomic E-state index is 12.2. The third-order valence-corrected chi connectivity index (χ3v) is 3.11. The first-order chi connectivity index (χ1) is 7.06. The van der Waals surface area contributed by atoms with Gasteiger partial charge in [0.05, 0.1) is 5.92 Å². The van der Waals surface area contributed by atoms with Gasteiger partial charge in [-0.3, -0.25) is 4.79 Å². The van der Waals surface area contributed by atoms with E-state index in [0.29, 0.717) is 17.7 Å². The lowest BCUT2D eigenvalue weighted by Gasteiger charge is -2.27. The molecule has 0 spiro atoms. The Hall–Kier alpha value is -0.570. The first-order valence-electron chi connectivity index (χ1n) is 6.05. The van der Waals surface area contributed by atoms with E-state index >= 15 is 0 Å². The standard InChI is InChI=1S/C12H24N2O/c1-5-14(8-9(2)3)12(15)11-7-13-6-10(11)4/h9-11,13H,5-8H2,1-4H3. The summed E-state index contributed by atoms with van der Waals surface area (Å²) in [7, 11) is 0. The smallest absolute Gasteiger partial charge is 0.227 e. The second-order valence-electron chi connectivity index (χ2n) is 5.01. The third-order valence-electron chi connectivity index (χ3n) is 3.11. The number of hydrogen-bond donors (Lipinski definition) is 1. The van der Waals surface area contributed by atoms with Gasteiger partial charge in [-0.05, 0) is 25.3 Å². The van der Waals surface area contributed by atoms with Crippen LogP contribution in [0.25, 0.3) is 0 Å². The minimum Gasteiger partial charge on any atom is -0.342 e. The van der Waals surface area contributed by atoms with Crippen molar-refractivity contribution in [2.45, 2.75) is 27.7 Å². The quantitative estimate of drug-likeness (QED) is 0.763. The van der Waals surface area contributed by atoms with E-state index in [-0.39, 0.29) is 5.92 Å². The molecular weight excluding hydrogens is 188 g/mol. The van der Waals surface area contributed by atoms with Crippen molar-refractivity contribution in [2.24, 2.45) is 17.8 Å². The molecule has 0 aliphatic carbocycles. The number of rotatable bonds is 4. The predicted octanol–water partition coefficient (Wildman–Crippen LogP) is 1.35. The molecule has 1 heterocycles. The molecule has 2 atom stereocenters. The van der Waals surface area contributed by atoms with Crippen LogP contribution in [0, 0.1) is 17.8 Å². The Morgan fingerprint density at radius 1 is 1.47 bits per heavy atom. The zero-order valence-electron chi connectivity index (χ0n) is 10.4. The summed E-state index contributed by atoms with van der Waals surface area (Å²) >= 11 is 0. The molecule has 15 heavy (non-hydrogen) atoms. The number of amides is 1. The van der Waals surface area contributed by atoms with E-state index < -0.39 is 0 Å². The second-order valence-corrected chi connectivity index (χ2v) is 5.01. The molecule has 1 N–H and O–H groups in total. The summed E-state index contributed by atoms with van der Waals surface area (Å²) < 4.78 is 0. The molecule has 1 saturated heterocycles. The molecule has 1 aliphatic rings. The average molecular weight is 212 g/mol. The number of nitrogens with zero attached hydrogens (tertiary/aromatic N) is 1. The number of nitrogens with one attached hydrogen (secondary N) is 1. The van der Waals surface area contributed by atoms with Crippen LogP contribution < -0.4 is 5.32 Å². The molecule has 0 aromatic rings. The van der Waals surface area contributed by atoms with Gasteiger partial charge in [0, 0.05) is 19.6 Å². The second kappa shape index (κ2) is 5.50. The topological polar surface area (TPSA) is 32.3 Å². The number of carbonyl (C=O) groups is 1. The van der Waals surface area contributed by atoms with Crippen LogP contribution in [0.2, 0.25) is 0 Å². The molecule has 88 valence electrons. The molecule has 1 aliphatic heterocycles. The zero-order valence-corrected chi connectivity index (χ0v) is 10.4. The molecular formula is C12H24N2O. The van der Waals surface area contributed by atoms with E-state index in [1.54, 1.807) is 0 Å². The molecule has 3 nitrogen and oxygen atoms in total. The molecule has 1 amide bonds. The van der Waals surface area contributed by atoms with Gasteiger partial charge in [-0.1, -0.05) is 20.8 Å². The van der Waals surface area contributed by atoms with E-state index in [1.165, 1.54) is 0 Å². The molecule has 0 aromatic heterocycles. The van der Waals surface area contributed by atoms with Crippen molar-refractivity contribution in [2.75, 3.05) is 26.2 Å². The highest BCUT2D eigenvalue weighted by atomic mass is 16.2. The van der Waals surface area contributed by atoms with Crippen molar-refractivity contribution in [1.82, 2.24) is 10.2 Å². The van der Waals surface area contributed by atoms with Gasteiger partial charge in [0.25, 0.3) is 0 Å². The fraction of sp³-hybridized carbons (Fsp3) is 0.917. The van der Waals surface area contributed by atoms with Crippen LogP contribution in [0.5, 0.6) is 0 Å². The van der Waals surface area contributed by atoms with Gasteiger partial charge in [0.15, 0.2) is 0 Å². The molecule has 2 unspecified atom stereocenters. The van der Waals surface area contributed by atoms with Crippen LogP contribution in [0.3, 0.4) is 0 Å². The molecule has 0 radical (unpaired) electrons. The van der Waals surface area contributed by atoms with Gasteiger partial charge >= 0.3 is 0 Å². The van der Waals surface area contributed by atoms with Crippen molar-refractivity contribution in [3.63, 3.8) is 0 Å². The Bertz CT molecular complexity index is 216. The Balaban J connectivity index is 2.55. The monoisotopic (exact) mass is 212 g/mol. The van der Waals surface area contributed by atoms with E-state index in [9.17, 15) is 4.79 Å². The fourth-order valence-electron chi connectivity index (χ4n) is 2.19. The van der Waals surface area contributed by atoms with Gasteiger partial charge < -0.3 is 10.2 Å². The van der Waals surface area contributed by atoms with E-state index in [2.05, 4.69) is 33.0 Å². The first kappa shape index (κ1) is 12.5. The van der Waals surface area contributed by atoms with Crippen molar-refractivity contribution in [3.05, 3.63) is 0 Å². The van der Waals surface area contributed by atoms with Crippen LogP contribution in [0.1, 0.15) is 27.7 Å². The molecule has 3 heteroatoms. The first-order valence-corrected chi connectivity index (χ1v) is 6.05. The SMILES string of the molecule is CCN(CC(C)C)C(=O)C1CNCC1C. The van der Waals surface area contributed by atoms with Gasteiger partial charge in [-0.15, -0.1) is 0 Å². The van der Waals surface area contributed by atoms with Gasteiger partial charge in [-0.2, -0.15) is 0 Å². The summed E-state index contributed by atoms with van der Waals surface area (Å²) in [5, 5.41) is 3.29. The summed E-state index contributed by atoms with van der Waals surface area (Å²) in [6.07, 6.45) is 0. The maximum atomic E-state index is 12.2. The van der Waals surface area contributed by atoms with Crippen LogP contribution >= 0.6 is 0 Å². The van der Waals surface area contributed by atoms with Gasteiger partial charge in [0.2, 0.25) is 5.91 Å². The Kier molecular flexibility index (Phi) is 4.58. The zero-order chi connectivity index (χ0) is 11.4. The highest BCUT2D eigenvalue weighted by molar-refractivity contribution is 5.79. The largest absolute Gasteiger partial charge is 0.342 e. The van der Waals surface area contributed by atoms with Crippen LogP contribution in [-0.4, -0.2) is 37.0 Å². The number of carbonyl (C=O) groups excluding carboxylic acids is 1. The highest BCUT2D eigenvalue weighted by Gasteiger charge is 2.32. The van der Waals surface area contributed by atoms with Crippen molar-refractivity contribution < 1.29 is 4.79 Å². The Labute approximate surface area is 93.2 Å². The van der Waals surface area contributed by atoms with E-state index in [4.69, 9.17) is 0 Å². The van der Waals surface area contributed by atoms with Crippen LogP contribution in [0.4, 0.5) is 0 Å². The third kappa shape index (κ3) is 3.20. The van der Waals surface area contributed by atoms with Crippen LogP contribution in [0.15, 0.2) is 0 Å². The molecule has 1 fully saturated rings. The summed E-state index contributed by atoms with van der Waals surface area (Å²) in [4.78, 5) is 14.2. The molecule has 0 saturated carbocycles. The van der Waals surface area contributed by atoms with E-state index in [1.807, 2.05) is 4.90 Å². The lowest BCUT2D eigenvalue weighted by atomic mass is 9.96. The molecule has 1 rings (SSSR count). The van der Waals surface area contributed by atoms with Gasteiger partial charge in [-0.25, -0.2) is 0 Å².